The van der Waals surface area contributed by atoms with Crippen LogP contribution in [0, 0.1) is 0 Å². The summed E-state index contributed by atoms with van der Waals surface area (Å²) in [5.74, 6) is 0. The number of hydrogen-bond acceptors (Lipinski definition) is 2. The Morgan fingerprint density at radius 3 is 1.83 bits per heavy atom. The Hall–Kier alpha value is -6.35. The summed E-state index contributed by atoms with van der Waals surface area (Å²) in [6.07, 6.45) is 0. The minimum Gasteiger partial charge on any atom is -0.236 e. The van der Waals surface area contributed by atoms with Crippen LogP contribution in [0.3, 0.4) is 0 Å². The first-order valence-corrected chi connectivity index (χ1v) is 19.5. The number of fused-ring (bicyclic) bond motifs is 7. The fourth-order valence-electron chi connectivity index (χ4n) is 9.00. The molecule has 0 radical (unpaired) electrons. The summed E-state index contributed by atoms with van der Waals surface area (Å²) >= 11 is 1.75. The summed E-state index contributed by atoms with van der Waals surface area (Å²) < 4.78 is 1.21. The fraction of sp³-hybridized carbons (Fsp3) is 0.0577. The van der Waals surface area contributed by atoms with Crippen molar-refractivity contribution >= 4 is 53.9 Å². The van der Waals surface area contributed by atoms with Crippen LogP contribution in [0.15, 0.2) is 176 Å². The van der Waals surface area contributed by atoms with Crippen LogP contribution in [-0.4, -0.2) is 4.98 Å². The lowest BCUT2D eigenvalue weighted by atomic mass is 9.81. The van der Waals surface area contributed by atoms with Crippen molar-refractivity contribution < 1.29 is 0 Å². The average Bonchev–Trinajstić information content (AvgIpc) is 3.76. The Kier molecular flexibility index (Phi) is 6.84. The van der Waals surface area contributed by atoms with Gasteiger partial charge in [0.25, 0.3) is 0 Å². The highest BCUT2D eigenvalue weighted by Gasteiger charge is 2.35. The van der Waals surface area contributed by atoms with E-state index in [0.717, 1.165) is 16.1 Å². The van der Waals surface area contributed by atoms with Gasteiger partial charge in [0.2, 0.25) is 0 Å². The van der Waals surface area contributed by atoms with Gasteiger partial charge in [-0.1, -0.05) is 159 Å². The molecule has 0 saturated carbocycles. The number of thiazole rings is 1. The monoisotopic (exact) mass is 705 g/mol. The highest BCUT2D eigenvalue weighted by Crippen LogP contribution is 2.51. The van der Waals surface area contributed by atoms with E-state index in [2.05, 4.69) is 190 Å². The highest BCUT2D eigenvalue weighted by molar-refractivity contribution is 7.21. The van der Waals surface area contributed by atoms with Crippen molar-refractivity contribution in [2.24, 2.45) is 0 Å². The molecular formula is C52H35NS. The van der Waals surface area contributed by atoms with E-state index in [1.807, 2.05) is 0 Å². The summed E-state index contributed by atoms with van der Waals surface area (Å²) in [5.41, 5.74) is 15.1. The predicted molar refractivity (Wildman–Crippen MR) is 231 cm³/mol. The Morgan fingerprint density at radius 1 is 0.407 bits per heavy atom. The number of para-hydroxylation sites is 1. The molecule has 0 aliphatic heterocycles. The van der Waals surface area contributed by atoms with Gasteiger partial charge in [0.1, 0.15) is 5.01 Å². The predicted octanol–water partition coefficient (Wildman–Crippen LogP) is 14.7. The lowest BCUT2D eigenvalue weighted by molar-refractivity contribution is 0.660. The van der Waals surface area contributed by atoms with Crippen molar-refractivity contribution in [1.82, 2.24) is 4.98 Å². The number of aromatic nitrogens is 1. The zero-order chi connectivity index (χ0) is 36.0. The van der Waals surface area contributed by atoms with Crippen molar-refractivity contribution in [2.45, 2.75) is 19.3 Å². The van der Waals surface area contributed by atoms with Crippen molar-refractivity contribution in [3.63, 3.8) is 0 Å². The topological polar surface area (TPSA) is 12.9 Å². The first-order valence-electron chi connectivity index (χ1n) is 18.7. The number of hydrogen-bond donors (Lipinski definition) is 0. The van der Waals surface area contributed by atoms with Gasteiger partial charge < -0.3 is 0 Å². The van der Waals surface area contributed by atoms with E-state index in [1.165, 1.54) is 92.7 Å². The number of benzene rings is 9. The molecule has 10 aromatic rings. The van der Waals surface area contributed by atoms with Gasteiger partial charge in [-0.05, 0) is 118 Å². The molecule has 1 aromatic heterocycles. The molecule has 0 unspecified atom stereocenters. The molecule has 9 aromatic carbocycles. The van der Waals surface area contributed by atoms with Crippen LogP contribution in [0.4, 0.5) is 0 Å². The van der Waals surface area contributed by atoms with E-state index in [-0.39, 0.29) is 5.41 Å². The third kappa shape index (κ3) is 4.73. The quantitative estimate of drug-likeness (QED) is 0.166. The SMILES string of the molecule is CC1(C)c2ccccc2-c2cc(-c3c4ccccc4c(-c4ccc(-c5nc6ccccc6s5)cc4)c4ccc(-c5ccc6ccccc6c5)cc34)ccc21. The molecule has 1 nitrogen and oxygen atoms in total. The van der Waals surface area contributed by atoms with Crippen molar-refractivity contribution in [1.29, 1.82) is 0 Å². The van der Waals surface area contributed by atoms with Gasteiger partial charge >= 0.3 is 0 Å². The molecule has 0 atom stereocenters. The molecule has 0 saturated heterocycles. The molecule has 2 heteroatoms. The van der Waals surface area contributed by atoms with Crippen LogP contribution >= 0.6 is 11.3 Å². The molecule has 1 heterocycles. The zero-order valence-corrected chi connectivity index (χ0v) is 30.9. The van der Waals surface area contributed by atoms with Crippen LogP contribution in [-0.2, 0) is 5.41 Å². The lowest BCUT2D eigenvalue weighted by Crippen LogP contribution is -2.14. The zero-order valence-electron chi connectivity index (χ0n) is 30.1. The second-order valence-electron chi connectivity index (χ2n) is 15.1. The van der Waals surface area contributed by atoms with Crippen LogP contribution in [0.25, 0.3) is 97.6 Å². The Labute approximate surface area is 318 Å². The van der Waals surface area contributed by atoms with E-state index in [9.17, 15) is 0 Å². The molecule has 11 rings (SSSR count). The average molecular weight is 706 g/mol. The molecule has 254 valence electrons. The second kappa shape index (κ2) is 11.8. The van der Waals surface area contributed by atoms with E-state index >= 15 is 0 Å². The first-order chi connectivity index (χ1) is 26.5. The van der Waals surface area contributed by atoms with Gasteiger partial charge in [-0.15, -0.1) is 11.3 Å². The van der Waals surface area contributed by atoms with Crippen LogP contribution in [0.2, 0.25) is 0 Å². The van der Waals surface area contributed by atoms with E-state index < -0.39 is 0 Å². The maximum Gasteiger partial charge on any atom is 0.124 e. The molecule has 0 N–H and O–H groups in total. The maximum atomic E-state index is 4.95. The van der Waals surface area contributed by atoms with Gasteiger partial charge in [0.15, 0.2) is 0 Å². The van der Waals surface area contributed by atoms with Crippen molar-refractivity contribution in [3.05, 3.63) is 187 Å². The molecule has 1 aliphatic rings. The third-order valence-electron chi connectivity index (χ3n) is 11.7. The summed E-state index contributed by atoms with van der Waals surface area (Å²) in [5, 5.41) is 8.59. The minimum absolute atomic E-state index is 0.0424. The Morgan fingerprint density at radius 2 is 1.00 bits per heavy atom. The van der Waals surface area contributed by atoms with Crippen LogP contribution in [0.5, 0.6) is 0 Å². The molecule has 54 heavy (non-hydrogen) atoms. The number of rotatable bonds is 4. The van der Waals surface area contributed by atoms with Gasteiger partial charge in [0, 0.05) is 11.0 Å². The Balaban J connectivity index is 1.16. The molecule has 0 amide bonds. The van der Waals surface area contributed by atoms with Gasteiger partial charge in [0.05, 0.1) is 10.2 Å². The van der Waals surface area contributed by atoms with E-state index in [1.54, 1.807) is 11.3 Å². The molecule has 0 bridgehead atoms. The number of nitrogens with zero attached hydrogens (tertiary/aromatic N) is 1. The van der Waals surface area contributed by atoms with E-state index in [0.29, 0.717) is 0 Å². The first kappa shape index (κ1) is 31.2. The summed E-state index contributed by atoms with van der Waals surface area (Å²) in [6, 6.07) is 65.1. The molecule has 1 aliphatic carbocycles. The largest absolute Gasteiger partial charge is 0.236 e. The summed E-state index contributed by atoms with van der Waals surface area (Å²) in [4.78, 5) is 4.95. The maximum absolute atomic E-state index is 4.95. The third-order valence-corrected chi connectivity index (χ3v) is 12.8. The van der Waals surface area contributed by atoms with Crippen molar-refractivity contribution in [2.75, 3.05) is 0 Å². The smallest absolute Gasteiger partial charge is 0.124 e. The highest BCUT2D eigenvalue weighted by atomic mass is 32.1. The summed E-state index contributed by atoms with van der Waals surface area (Å²) in [7, 11) is 0. The Bertz CT molecular complexity index is 3090. The standard InChI is InChI=1S/C52H35NS/c1-52(2)45-16-8-7-13-39(45)43-31-38(26-28-46(43)52)50-41-15-6-5-14-40(41)49(33-20-22-34(23-21-33)51-53-47-17-9-10-18-48(47)54-51)42-27-25-37(30-44(42)50)36-24-19-32-11-3-4-12-35(32)29-36/h3-31H,1-2H3. The van der Waals surface area contributed by atoms with Gasteiger partial charge in [-0.3, -0.25) is 0 Å². The second-order valence-corrected chi connectivity index (χ2v) is 16.1. The van der Waals surface area contributed by atoms with Crippen LogP contribution < -0.4 is 0 Å². The van der Waals surface area contributed by atoms with E-state index in [4.69, 9.17) is 4.98 Å². The van der Waals surface area contributed by atoms with Crippen molar-refractivity contribution in [3.8, 4) is 55.1 Å². The fourth-order valence-corrected chi connectivity index (χ4v) is 9.97. The lowest BCUT2D eigenvalue weighted by Gasteiger charge is -2.22. The van der Waals surface area contributed by atoms with Gasteiger partial charge in [-0.25, -0.2) is 4.98 Å². The summed E-state index contributed by atoms with van der Waals surface area (Å²) in [6.45, 7) is 4.71. The normalized spacial score (nSPS) is 13.1. The van der Waals surface area contributed by atoms with Gasteiger partial charge in [-0.2, -0.15) is 0 Å². The molecule has 0 spiro atoms. The minimum atomic E-state index is -0.0424. The van der Waals surface area contributed by atoms with Crippen LogP contribution in [0.1, 0.15) is 25.0 Å². The molecular weight excluding hydrogens is 671 g/mol. The molecule has 0 fully saturated rings.